The van der Waals surface area contributed by atoms with E-state index < -0.39 is 0 Å². The second kappa shape index (κ2) is 8.69. The second-order valence-electron chi connectivity index (χ2n) is 4.28. The second-order valence-corrected chi connectivity index (χ2v) is 5.53. The van der Waals surface area contributed by atoms with Crippen molar-refractivity contribution in [2.75, 3.05) is 20.2 Å². The fourth-order valence-corrected chi connectivity index (χ4v) is 2.83. The Morgan fingerprint density at radius 2 is 2.14 bits per heavy atom. The SMILES string of the molecule is CC.CCOC(=O)CN(C)Sc1cc(C)cc2cn[nH]c12. The summed E-state index contributed by atoms with van der Waals surface area (Å²) in [4.78, 5) is 12.5. The molecule has 0 unspecified atom stereocenters. The minimum Gasteiger partial charge on any atom is -0.465 e. The molecule has 0 bridgehead atoms. The number of aromatic nitrogens is 2. The van der Waals surface area contributed by atoms with Gasteiger partial charge in [0.05, 0.1) is 18.3 Å². The molecule has 0 fully saturated rings. The molecule has 0 spiro atoms. The molecule has 1 aromatic heterocycles. The number of carbonyl (C=O) groups is 1. The maximum Gasteiger partial charge on any atom is 0.321 e. The lowest BCUT2D eigenvalue weighted by molar-refractivity contribution is -0.142. The fraction of sp³-hybridized carbons (Fsp3) is 0.467. The third kappa shape index (κ3) is 5.06. The van der Waals surface area contributed by atoms with E-state index in [1.807, 2.05) is 32.1 Å². The van der Waals surface area contributed by atoms with Gasteiger partial charge in [-0.25, -0.2) is 4.31 Å². The molecule has 0 saturated carbocycles. The van der Waals surface area contributed by atoms with Gasteiger partial charge in [-0.2, -0.15) is 5.10 Å². The monoisotopic (exact) mass is 309 g/mol. The van der Waals surface area contributed by atoms with Crippen molar-refractivity contribution in [3.63, 3.8) is 0 Å². The summed E-state index contributed by atoms with van der Waals surface area (Å²) in [6.45, 7) is 8.51. The van der Waals surface area contributed by atoms with Crippen molar-refractivity contribution in [1.82, 2.24) is 14.5 Å². The predicted molar refractivity (Wildman–Crippen MR) is 87.3 cm³/mol. The van der Waals surface area contributed by atoms with E-state index in [0.29, 0.717) is 6.61 Å². The average molecular weight is 309 g/mol. The van der Waals surface area contributed by atoms with Crippen molar-refractivity contribution in [2.24, 2.45) is 0 Å². The highest BCUT2D eigenvalue weighted by molar-refractivity contribution is 7.97. The molecule has 0 aliphatic carbocycles. The number of H-pyrrole nitrogens is 1. The van der Waals surface area contributed by atoms with Gasteiger partial charge in [-0.1, -0.05) is 13.8 Å². The molecule has 116 valence electrons. The minimum absolute atomic E-state index is 0.217. The van der Waals surface area contributed by atoms with Gasteiger partial charge in [0, 0.05) is 10.3 Å². The zero-order chi connectivity index (χ0) is 15.8. The maximum atomic E-state index is 11.4. The molecule has 1 N–H and O–H groups in total. The van der Waals surface area contributed by atoms with Crippen LogP contribution in [-0.4, -0.2) is 40.7 Å². The molecule has 6 heteroatoms. The van der Waals surface area contributed by atoms with E-state index in [4.69, 9.17) is 4.74 Å². The third-order valence-corrected chi connectivity index (χ3v) is 3.53. The number of fused-ring (bicyclic) bond motifs is 1. The molecule has 0 aliphatic heterocycles. The first kappa shape index (κ1) is 17.5. The quantitative estimate of drug-likeness (QED) is 0.677. The van der Waals surface area contributed by atoms with Crippen LogP contribution >= 0.6 is 11.9 Å². The number of benzene rings is 1. The number of aromatic amines is 1. The van der Waals surface area contributed by atoms with E-state index in [9.17, 15) is 4.79 Å². The molecule has 1 heterocycles. The van der Waals surface area contributed by atoms with Crippen molar-refractivity contribution >= 4 is 28.8 Å². The van der Waals surface area contributed by atoms with Crippen LogP contribution in [0.15, 0.2) is 23.2 Å². The summed E-state index contributed by atoms with van der Waals surface area (Å²) in [7, 11) is 1.87. The van der Waals surface area contributed by atoms with E-state index >= 15 is 0 Å². The summed E-state index contributed by atoms with van der Waals surface area (Å²) in [6.07, 6.45) is 1.80. The normalized spacial score (nSPS) is 10.4. The molecular weight excluding hydrogens is 286 g/mol. The topological polar surface area (TPSA) is 58.2 Å². The van der Waals surface area contributed by atoms with Gasteiger partial charge in [0.1, 0.15) is 6.54 Å². The van der Waals surface area contributed by atoms with Crippen molar-refractivity contribution in [2.45, 2.75) is 32.6 Å². The number of hydrogen-bond acceptors (Lipinski definition) is 5. The van der Waals surface area contributed by atoms with E-state index in [1.54, 1.807) is 13.1 Å². The van der Waals surface area contributed by atoms with Crippen LogP contribution in [-0.2, 0) is 9.53 Å². The Labute approximate surface area is 130 Å². The number of nitrogens with one attached hydrogen (secondary N) is 1. The largest absolute Gasteiger partial charge is 0.465 e. The Balaban J connectivity index is 0.00000106. The maximum absolute atomic E-state index is 11.4. The van der Waals surface area contributed by atoms with Gasteiger partial charge in [0.15, 0.2) is 0 Å². The first-order valence-electron chi connectivity index (χ1n) is 7.08. The van der Waals surface area contributed by atoms with Gasteiger partial charge in [0.25, 0.3) is 0 Å². The Morgan fingerprint density at radius 3 is 2.81 bits per heavy atom. The van der Waals surface area contributed by atoms with Gasteiger partial charge >= 0.3 is 5.97 Å². The molecular formula is C15H23N3O2S. The molecule has 2 aromatic rings. The summed E-state index contributed by atoms with van der Waals surface area (Å²) in [5.74, 6) is -0.217. The van der Waals surface area contributed by atoms with E-state index in [2.05, 4.69) is 22.3 Å². The zero-order valence-electron chi connectivity index (χ0n) is 13.3. The Bertz CT molecular complexity index is 583. The van der Waals surface area contributed by atoms with Crippen molar-refractivity contribution in [3.05, 3.63) is 23.9 Å². The molecule has 0 radical (unpaired) electrons. The van der Waals surface area contributed by atoms with Crippen molar-refractivity contribution in [1.29, 1.82) is 0 Å². The number of likely N-dealkylation sites (N-methyl/N-ethyl adjacent to an activating group) is 1. The van der Waals surface area contributed by atoms with Crippen LogP contribution < -0.4 is 0 Å². The third-order valence-electron chi connectivity index (χ3n) is 2.57. The molecule has 0 saturated heterocycles. The fourth-order valence-electron chi connectivity index (χ4n) is 1.83. The van der Waals surface area contributed by atoms with E-state index in [1.165, 1.54) is 17.5 Å². The number of rotatable bonds is 5. The van der Waals surface area contributed by atoms with Crippen LogP contribution in [0.2, 0.25) is 0 Å². The van der Waals surface area contributed by atoms with E-state index in [-0.39, 0.29) is 12.5 Å². The predicted octanol–water partition coefficient (Wildman–Crippen LogP) is 3.40. The summed E-state index contributed by atoms with van der Waals surface area (Å²) >= 11 is 1.51. The average Bonchev–Trinajstić information content (AvgIpc) is 2.89. The molecule has 21 heavy (non-hydrogen) atoms. The van der Waals surface area contributed by atoms with Gasteiger partial charge in [-0.15, -0.1) is 0 Å². The lowest BCUT2D eigenvalue weighted by Gasteiger charge is -2.15. The lowest BCUT2D eigenvalue weighted by Crippen LogP contribution is -2.21. The Morgan fingerprint density at radius 1 is 1.43 bits per heavy atom. The number of ether oxygens (including phenoxy) is 1. The highest BCUT2D eigenvalue weighted by Gasteiger charge is 2.12. The summed E-state index contributed by atoms with van der Waals surface area (Å²) in [5.41, 5.74) is 2.16. The summed E-state index contributed by atoms with van der Waals surface area (Å²) in [5, 5.41) is 8.11. The highest BCUT2D eigenvalue weighted by Crippen LogP contribution is 2.29. The minimum atomic E-state index is -0.217. The molecule has 0 aliphatic rings. The standard InChI is InChI=1S/C13H17N3O2S.C2H6/c1-4-18-12(17)8-16(3)19-11-6-9(2)5-10-7-14-15-13(10)11;1-2/h5-7H,4,8H2,1-3H3,(H,14,15);1-2H3. The van der Waals surface area contributed by atoms with Crippen LogP contribution in [0.1, 0.15) is 26.3 Å². The lowest BCUT2D eigenvalue weighted by atomic mass is 10.2. The Kier molecular flexibility index (Phi) is 7.25. The summed E-state index contributed by atoms with van der Waals surface area (Å²) in [6, 6.07) is 4.15. The molecule has 2 rings (SSSR count). The zero-order valence-corrected chi connectivity index (χ0v) is 14.1. The van der Waals surface area contributed by atoms with Crippen LogP contribution in [0.4, 0.5) is 0 Å². The van der Waals surface area contributed by atoms with Crippen LogP contribution in [0.5, 0.6) is 0 Å². The van der Waals surface area contributed by atoms with Crippen molar-refractivity contribution < 1.29 is 9.53 Å². The number of carbonyl (C=O) groups excluding carboxylic acids is 1. The molecule has 0 atom stereocenters. The first-order valence-corrected chi connectivity index (χ1v) is 7.86. The number of esters is 1. The molecule has 5 nitrogen and oxygen atoms in total. The van der Waals surface area contributed by atoms with Crippen molar-refractivity contribution in [3.8, 4) is 0 Å². The van der Waals surface area contributed by atoms with Crippen LogP contribution in [0, 0.1) is 6.92 Å². The smallest absolute Gasteiger partial charge is 0.321 e. The van der Waals surface area contributed by atoms with Gasteiger partial charge in [-0.05, 0) is 50.5 Å². The number of aryl methyl sites for hydroxylation is 1. The highest BCUT2D eigenvalue weighted by atomic mass is 32.2. The summed E-state index contributed by atoms with van der Waals surface area (Å²) < 4.78 is 6.79. The van der Waals surface area contributed by atoms with Crippen LogP contribution in [0.3, 0.4) is 0 Å². The number of hydrogen-bond donors (Lipinski definition) is 1. The van der Waals surface area contributed by atoms with Gasteiger partial charge in [0.2, 0.25) is 0 Å². The van der Waals surface area contributed by atoms with Crippen LogP contribution in [0.25, 0.3) is 10.9 Å². The van der Waals surface area contributed by atoms with Gasteiger partial charge < -0.3 is 4.74 Å². The van der Waals surface area contributed by atoms with E-state index in [0.717, 1.165) is 15.8 Å². The number of nitrogens with zero attached hydrogens (tertiary/aromatic N) is 2. The van der Waals surface area contributed by atoms with Gasteiger partial charge in [-0.3, -0.25) is 9.89 Å². The Hall–Kier alpha value is -1.53. The first-order chi connectivity index (χ1) is 10.1. The molecule has 1 aromatic carbocycles. The molecule has 0 amide bonds.